The first-order valence-corrected chi connectivity index (χ1v) is 8.39. The molecular formula is C19H15ClN4O3. The Morgan fingerprint density at radius 2 is 1.89 bits per heavy atom. The molecule has 2 N–H and O–H groups in total. The van der Waals surface area contributed by atoms with Crippen molar-refractivity contribution in [3.8, 4) is 0 Å². The zero-order chi connectivity index (χ0) is 19.2. The number of carbonyl (C=O) groups is 1. The van der Waals surface area contributed by atoms with Crippen molar-refractivity contribution in [3.63, 3.8) is 0 Å². The van der Waals surface area contributed by atoms with Gasteiger partial charge in [-0.15, -0.1) is 0 Å². The summed E-state index contributed by atoms with van der Waals surface area (Å²) in [5, 5.41) is 19.9. The van der Waals surface area contributed by atoms with Gasteiger partial charge >= 0.3 is 0 Å². The lowest BCUT2D eigenvalue weighted by Crippen LogP contribution is -2.25. The molecule has 0 saturated carbocycles. The van der Waals surface area contributed by atoms with Crippen LogP contribution in [0, 0.1) is 10.1 Å². The molecule has 1 amide bonds. The van der Waals surface area contributed by atoms with Crippen molar-refractivity contribution in [1.82, 2.24) is 5.43 Å². The Morgan fingerprint density at radius 1 is 1.11 bits per heavy atom. The smallest absolute Gasteiger partial charge is 0.288 e. The van der Waals surface area contributed by atoms with Crippen molar-refractivity contribution in [1.29, 1.82) is 0 Å². The highest BCUT2D eigenvalue weighted by molar-refractivity contribution is 6.32. The van der Waals surface area contributed by atoms with E-state index in [0.717, 1.165) is 16.5 Å². The summed E-state index contributed by atoms with van der Waals surface area (Å²) in [4.78, 5) is 22.2. The van der Waals surface area contributed by atoms with Gasteiger partial charge in [0, 0.05) is 17.3 Å². The molecule has 0 heterocycles. The molecule has 0 aliphatic heterocycles. The third-order valence-corrected chi connectivity index (χ3v) is 4.09. The highest BCUT2D eigenvalue weighted by Crippen LogP contribution is 2.24. The topological polar surface area (TPSA) is 96.6 Å². The van der Waals surface area contributed by atoms with E-state index in [1.165, 1.54) is 18.3 Å². The van der Waals surface area contributed by atoms with E-state index < -0.39 is 4.92 Å². The van der Waals surface area contributed by atoms with Gasteiger partial charge in [-0.3, -0.25) is 14.9 Å². The second kappa shape index (κ2) is 8.29. The van der Waals surface area contributed by atoms with Crippen LogP contribution in [0.15, 0.2) is 65.8 Å². The van der Waals surface area contributed by atoms with E-state index in [4.69, 9.17) is 11.6 Å². The molecule has 0 fully saturated rings. The minimum absolute atomic E-state index is 0.0381. The van der Waals surface area contributed by atoms with E-state index in [9.17, 15) is 14.9 Å². The lowest BCUT2D eigenvalue weighted by molar-refractivity contribution is -0.384. The minimum Gasteiger partial charge on any atom is -0.376 e. The summed E-state index contributed by atoms with van der Waals surface area (Å²) in [6, 6.07) is 18.0. The second-order valence-corrected chi connectivity index (χ2v) is 6.08. The first-order chi connectivity index (χ1) is 13.0. The highest BCUT2D eigenvalue weighted by atomic mass is 35.5. The third-order valence-electron chi connectivity index (χ3n) is 3.77. The number of benzene rings is 3. The molecule has 0 aliphatic carbocycles. The van der Waals surface area contributed by atoms with Crippen LogP contribution >= 0.6 is 11.6 Å². The molecule has 0 unspecified atom stereocenters. The van der Waals surface area contributed by atoms with E-state index in [0.29, 0.717) is 5.56 Å². The van der Waals surface area contributed by atoms with Gasteiger partial charge in [0.05, 0.1) is 17.7 Å². The maximum Gasteiger partial charge on any atom is 0.288 e. The van der Waals surface area contributed by atoms with Gasteiger partial charge in [0.1, 0.15) is 5.02 Å². The summed E-state index contributed by atoms with van der Waals surface area (Å²) in [6.07, 6.45) is 1.32. The van der Waals surface area contributed by atoms with Gasteiger partial charge in [0.15, 0.2) is 0 Å². The van der Waals surface area contributed by atoms with Crippen LogP contribution in [0.4, 0.5) is 11.4 Å². The Balaban J connectivity index is 1.55. The molecule has 3 aromatic rings. The van der Waals surface area contributed by atoms with Crippen LogP contribution in [-0.2, 0) is 4.79 Å². The summed E-state index contributed by atoms with van der Waals surface area (Å²) >= 11 is 5.75. The Bertz CT molecular complexity index is 1040. The number of carbonyl (C=O) groups excluding carboxylic acids is 1. The second-order valence-electron chi connectivity index (χ2n) is 5.68. The van der Waals surface area contributed by atoms with E-state index >= 15 is 0 Å². The fourth-order valence-electron chi connectivity index (χ4n) is 2.45. The SMILES string of the molecule is O=C(CNc1ccc2ccccc2c1)N/N=C\c1ccc(Cl)c([N+](=O)[O-])c1. The van der Waals surface area contributed by atoms with Gasteiger partial charge < -0.3 is 5.32 Å². The molecule has 0 bridgehead atoms. The quantitative estimate of drug-likeness (QED) is 0.383. The molecule has 27 heavy (non-hydrogen) atoms. The Kier molecular flexibility index (Phi) is 5.63. The first kappa shape index (κ1) is 18.3. The number of nitro benzene ring substituents is 1. The standard InChI is InChI=1S/C19H15ClN4O3/c20-17-8-5-13(9-18(17)24(26)27)11-22-23-19(25)12-21-16-7-6-14-3-1-2-4-15(14)10-16/h1-11,21H,12H2,(H,23,25)/b22-11-. The van der Waals surface area contributed by atoms with Gasteiger partial charge in [-0.25, -0.2) is 5.43 Å². The Morgan fingerprint density at radius 3 is 2.67 bits per heavy atom. The number of anilines is 1. The van der Waals surface area contributed by atoms with Crippen LogP contribution in [0.5, 0.6) is 0 Å². The summed E-state index contributed by atoms with van der Waals surface area (Å²) in [5.41, 5.74) is 3.42. The molecule has 8 heteroatoms. The van der Waals surface area contributed by atoms with Crippen LogP contribution in [0.25, 0.3) is 10.8 Å². The van der Waals surface area contributed by atoms with Crippen LogP contribution in [0.1, 0.15) is 5.56 Å². The maximum atomic E-state index is 11.9. The molecule has 136 valence electrons. The normalized spacial score (nSPS) is 10.9. The number of hydrazone groups is 1. The number of fused-ring (bicyclic) bond motifs is 1. The maximum absolute atomic E-state index is 11.9. The molecule has 0 spiro atoms. The summed E-state index contributed by atoms with van der Waals surface area (Å²) in [7, 11) is 0. The van der Waals surface area contributed by atoms with E-state index in [1.54, 1.807) is 6.07 Å². The molecule has 3 aromatic carbocycles. The number of hydrogen-bond acceptors (Lipinski definition) is 5. The fraction of sp³-hybridized carbons (Fsp3) is 0.0526. The van der Waals surface area contributed by atoms with Crippen molar-refractivity contribution in [3.05, 3.63) is 81.4 Å². The molecule has 0 aliphatic rings. The van der Waals surface area contributed by atoms with Crippen molar-refractivity contribution in [2.24, 2.45) is 5.10 Å². The average Bonchev–Trinajstić information content (AvgIpc) is 2.67. The Hall–Kier alpha value is -3.45. The third kappa shape index (κ3) is 4.80. The number of rotatable bonds is 6. The molecule has 0 aromatic heterocycles. The van der Waals surface area contributed by atoms with Gasteiger partial charge in [0.2, 0.25) is 0 Å². The number of nitrogens with zero attached hydrogens (tertiary/aromatic N) is 2. The predicted octanol–water partition coefficient (Wildman–Crippen LogP) is 3.96. The summed E-state index contributed by atoms with van der Waals surface area (Å²) in [5.74, 6) is -0.345. The van der Waals surface area contributed by atoms with E-state index in [-0.39, 0.29) is 23.2 Å². The van der Waals surface area contributed by atoms with Crippen molar-refractivity contribution in [2.75, 3.05) is 11.9 Å². The predicted molar refractivity (Wildman–Crippen MR) is 106 cm³/mol. The van der Waals surface area contributed by atoms with Crippen LogP contribution in [0.3, 0.4) is 0 Å². The number of nitrogens with one attached hydrogen (secondary N) is 2. The lowest BCUT2D eigenvalue weighted by atomic mass is 10.1. The number of hydrogen-bond donors (Lipinski definition) is 2. The van der Waals surface area contributed by atoms with E-state index in [2.05, 4.69) is 15.8 Å². The molecule has 0 radical (unpaired) electrons. The first-order valence-electron chi connectivity index (χ1n) is 8.01. The monoisotopic (exact) mass is 382 g/mol. The molecular weight excluding hydrogens is 368 g/mol. The van der Waals surface area contributed by atoms with Crippen LogP contribution < -0.4 is 10.7 Å². The zero-order valence-electron chi connectivity index (χ0n) is 14.1. The summed E-state index contributed by atoms with van der Waals surface area (Å²) in [6.45, 7) is 0.0381. The average molecular weight is 383 g/mol. The number of halogens is 1. The number of nitro groups is 1. The van der Waals surface area contributed by atoms with E-state index in [1.807, 2.05) is 42.5 Å². The molecule has 0 atom stereocenters. The summed E-state index contributed by atoms with van der Waals surface area (Å²) < 4.78 is 0. The lowest BCUT2D eigenvalue weighted by Gasteiger charge is -2.06. The van der Waals surface area contributed by atoms with Crippen molar-refractivity contribution >= 4 is 45.9 Å². The molecule has 7 nitrogen and oxygen atoms in total. The van der Waals surface area contributed by atoms with Crippen molar-refractivity contribution < 1.29 is 9.72 Å². The fourth-order valence-corrected chi connectivity index (χ4v) is 2.64. The van der Waals surface area contributed by atoms with Gasteiger partial charge in [-0.05, 0) is 29.0 Å². The minimum atomic E-state index is -0.578. The molecule has 0 saturated heterocycles. The van der Waals surface area contributed by atoms with Crippen molar-refractivity contribution in [2.45, 2.75) is 0 Å². The van der Waals surface area contributed by atoms with Gasteiger partial charge in [-0.1, -0.05) is 48.0 Å². The van der Waals surface area contributed by atoms with Gasteiger partial charge in [-0.2, -0.15) is 5.10 Å². The number of amides is 1. The highest BCUT2D eigenvalue weighted by Gasteiger charge is 2.11. The van der Waals surface area contributed by atoms with Gasteiger partial charge in [0.25, 0.3) is 11.6 Å². The Labute approximate surface area is 159 Å². The molecule has 3 rings (SSSR count). The zero-order valence-corrected chi connectivity index (χ0v) is 14.8. The van der Waals surface area contributed by atoms with Crippen LogP contribution in [0.2, 0.25) is 5.02 Å². The van der Waals surface area contributed by atoms with Crippen LogP contribution in [-0.4, -0.2) is 23.6 Å². The largest absolute Gasteiger partial charge is 0.376 e.